The number of rotatable bonds is 3. The van der Waals surface area contributed by atoms with Gasteiger partial charge in [-0.1, -0.05) is 26.0 Å². The van der Waals surface area contributed by atoms with Gasteiger partial charge in [-0.25, -0.2) is 0 Å². The molecule has 2 rings (SSSR count). The van der Waals surface area contributed by atoms with Gasteiger partial charge in [0.1, 0.15) is 0 Å². The van der Waals surface area contributed by atoms with Gasteiger partial charge in [0.15, 0.2) is 4.77 Å². The van der Waals surface area contributed by atoms with Crippen molar-refractivity contribution >= 4 is 29.1 Å². The maximum Gasteiger partial charge on any atom is 0.262 e. The fraction of sp³-hybridized carbons (Fsp3) is 0.308. The van der Waals surface area contributed by atoms with Gasteiger partial charge in [0.2, 0.25) is 0 Å². The van der Waals surface area contributed by atoms with Gasteiger partial charge in [-0.3, -0.25) is 9.36 Å². The zero-order chi connectivity index (χ0) is 14.2. The molecule has 1 heterocycles. The third-order valence-corrected chi connectivity index (χ3v) is 3.29. The highest BCUT2D eigenvalue weighted by atomic mass is 32.1. The van der Waals surface area contributed by atoms with Crippen molar-refractivity contribution in [1.82, 2.24) is 9.55 Å². The summed E-state index contributed by atoms with van der Waals surface area (Å²) < 4.78 is 1.17. The molecule has 0 unspecified atom stereocenters. The fourth-order valence-electron chi connectivity index (χ4n) is 2.10. The largest absolute Gasteiger partial charge is 0.548 e. The molecule has 100 valence electrons. The van der Waals surface area contributed by atoms with E-state index in [1.165, 1.54) is 0 Å². The van der Waals surface area contributed by atoms with Crippen LogP contribution in [0.3, 0.4) is 0 Å². The summed E-state index contributed by atoms with van der Waals surface area (Å²) in [6.45, 7) is 3.41. The van der Waals surface area contributed by atoms with Gasteiger partial charge in [0.25, 0.3) is 5.56 Å². The van der Waals surface area contributed by atoms with Crippen molar-refractivity contribution in [1.29, 1.82) is 0 Å². The number of H-pyrrole nitrogens is 1. The SMILES string of the molecule is CC(C)[C@H](C(=O)[O-])n1c(=S)[nH]c2ccccc2c1=O. The number of aliphatic carboxylic acids is 1. The van der Waals surface area contributed by atoms with Crippen LogP contribution in [0.5, 0.6) is 0 Å². The normalized spacial score (nSPS) is 12.8. The van der Waals surface area contributed by atoms with E-state index in [0.29, 0.717) is 10.9 Å². The maximum absolute atomic E-state index is 12.4. The van der Waals surface area contributed by atoms with Gasteiger partial charge in [0, 0.05) is 0 Å². The van der Waals surface area contributed by atoms with Crippen molar-refractivity contribution in [3.63, 3.8) is 0 Å². The van der Waals surface area contributed by atoms with Crippen LogP contribution in [0.2, 0.25) is 0 Å². The maximum atomic E-state index is 12.4. The molecule has 0 aliphatic carbocycles. The van der Waals surface area contributed by atoms with Crippen LogP contribution in [0.4, 0.5) is 0 Å². The second-order valence-electron chi connectivity index (χ2n) is 4.66. The Hall–Kier alpha value is -1.95. The first-order valence-corrected chi connectivity index (χ1v) is 6.28. The molecule has 0 aliphatic heterocycles. The first-order chi connectivity index (χ1) is 8.93. The Bertz CT molecular complexity index is 745. The van der Waals surface area contributed by atoms with E-state index in [1.807, 2.05) is 0 Å². The molecule has 5 nitrogen and oxygen atoms in total. The number of nitrogens with one attached hydrogen (secondary N) is 1. The van der Waals surface area contributed by atoms with E-state index in [1.54, 1.807) is 38.1 Å². The lowest BCUT2D eigenvalue weighted by molar-refractivity contribution is -0.311. The van der Waals surface area contributed by atoms with Gasteiger partial charge in [-0.15, -0.1) is 0 Å². The van der Waals surface area contributed by atoms with Crippen molar-refractivity contribution in [2.24, 2.45) is 5.92 Å². The molecule has 0 aliphatic rings. The Morgan fingerprint density at radius 1 is 1.37 bits per heavy atom. The highest BCUT2D eigenvalue weighted by Gasteiger charge is 2.20. The molecular weight excluding hydrogens is 264 g/mol. The van der Waals surface area contributed by atoms with E-state index in [9.17, 15) is 14.7 Å². The molecular formula is C13H13N2O3S-. The number of aromatic nitrogens is 2. The van der Waals surface area contributed by atoms with E-state index >= 15 is 0 Å². The van der Waals surface area contributed by atoms with Crippen LogP contribution in [0.1, 0.15) is 19.9 Å². The number of para-hydroxylation sites is 1. The molecule has 0 fully saturated rings. The monoisotopic (exact) mass is 277 g/mol. The van der Waals surface area contributed by atoms with Gasteiger partial charge in [0.05, 0.1) is 22.9 Å². The average Bonchev–Trinajstić information content (AvgIpc) is 2.33. The molecule has 19 heavy (non-hydrogen) atoms. The van der Waals surface area contributed by atoms with Gasteiger partial charge < -0.3 is 14.9 Å². The van der Waals surface area contributed by atoms with Crippen LogP contribution in [-0.2, 0) is 4.79 Å². The molecule has 0 amide bonds. The van der Waals surface area contributed by atoms with E-state index in [2.05, 4.69) is 4.98 Å². The van der Waals surface area contributed by atoms with E-state index in [4.69, 9.17) is 12.2 Å². The van der Waals surface area contributed by atoms with Crippen LogP contribution < -0.4 is 10.7 Å². The number of carbonyl (C=O) groups excluding carboxylic acids is 1. The van der Waals surface area contributed by atoms with E-state index < -0.39 is 17.6 Å². The lowest BCUT2D eigenvalue weighted by Gasteiger charge is -2.24. The number of carboxylic acid groups (broad SMARTS) is 1. The Morgan fingerprint density at radius 3 is 2.58 bits per heavy atom. The topological polar surface area (TPSA) is 77.9 Å². The molecule has 0 radical (unpaired) electrons. The highest BCUT2D eigenvalue weighted by molar-refractivity contribution is 7.71. The molecule has 0 bridgehead atoms. The Kier molecular flexibility index (Phi) is 3.53. The van der Waals surface area contributed by atoms with Gasteiger partial charge in [-0.2, -0.15) is 0 Å². The minimum atomic E-state index is -1.31. The molecule has 1 aromatic heterocycles. The lowest BCUT2D eigenvalue weighted by atomic mass is 10.0. The van der Waals surface area contributed by atoms with Crippen LogP contribution in [-0.4, -0.2) is 15.5 Å². The Labute approximate surface area is 114 Å². The third-order valence-electron chi connectivity index (χ3n) is 2.99. The molecule has 0 saturated heterocycles. The van der Waals surface area contributed by atoms with Crippen molar-refractivity contribution in [3.05, 3.63) is 39.4 Å². The summed E-state index contributed by atoms with van der Waals surface area (Å²) in [6, 6.07) is 5.76. The Balaban J connectivity index is 2.84. The van der Waals surface area contributed by atoms with Crippen molar-refractivity contribution < 1.29 is 9.90 Å². The molecule has 0 spiro atoms. The summed E-state index contributed by atoms with van der Waals surface area (Å²) in [5.74, 6) is -1.62. The lowest BCUT2D eigenvalue weighted by Crippen LogP contribution is -2.41. The number of hydrogen-bond acceptors (Lipinski definition) is 4. The first-order valence-electron chi connectivity index (χ1n) is 5.88. The number of carbonyl (C=O) groups is 1. The number of aromatic amines is 1. The standard InChI is InChI=1S/C13H14N2O3S/c1-7(2)10(12(17)18)15-11(16)8-5-3-4-6-9(8)14-13(15)19/h3-7,10H,1-2H3,(H,14,19)(H,17,18)/p-1/t10-/m1/s1. The minimum absolute atomic E-state index is 0.0894. The van der Waals surface area contributed by atoms with Crippen LogP contribution in [0.15, 0.2) is 29.1 Å². The summed E-state index contributed by atoms with van der Waals surface area (Å²) in [4.78, 5) is 26.5. The van der Waals surface area contributed by atoms with Crippen LogP contribution in [0.25, 0.3) is 10.9 Å². The molecule has 1 N–H and O–H groups in total. The quantitative estimate of drug-likeness (QED) is 0.849. The summed E-state index contributed by atoms with van der Waals surface area (Å²) in [6.07, 6.45) is 0. The van der Waals surface area contributed by atoms with E-state index in [0.717, 1.165) is 4.57 Å². The highest BCUT2D eigenvalue weighted by Crippen LogP contribution is 2.17. The van der Waals surface area contributed by atoms with Gasteiger partial charge in [-0.05, 0) is 30.3 Å². The number of nitrogens with zero attached hydrogens (tertiary/aromatic N) is 1. The smallest absolute Gasteiger partial charge is 0.262 e. The van der Waals surface area contributed by atoms with Crippen molar-refractivity contribution in [3.8, 4) is 0 Å². The summed E-state index contributed by atoms with van der Waals surface area (Å²) in [5, 5.41) is 11.7. The summed E-state index contributed by atoms with van der Waals surface area (Å²) >= 11 is 5.10. The first kappa shape index (κ1) is 13.5. The predicted molar refractivity (Wildman–Crippen MR) is 72.3 cm³/mol. The van der Waals surface area contributed by atoms with Crippen molar-refractivity contribution in [2.45, 2.75) is 19.9 Å². The predicted octanol–water partition coefficient (Wildman–Crippen LogP) is 1.01. The van der Waals surface area contributed by atoms with Crippen LogP contribution in [0, 0.1) is 10.7 Å². The zero-order valence-electron chi connectivity index (χ0n) is 10.5. The fourth-order valence-corrected chi connectivity index (χ4v) is 2.41. The molecule has 2 aromatic rings. The summed E-state index contributed by atoms with van der Waals surface area (Å²) in [5.41, 5.74) is 0.178. The van der Waals surface area contributed by atoms with Crippen molar-refractivity contribution in [2.75, 3.05) is 0 Å². The number of carboxylic acids is 1. The number of benzene rings is 1. The molecule has 0 saturated carbocycles. The molecule has 6 heteroatoms. The second kappa shape index (κ2) is 4.97. The number of fused-ring (bicyclic) bond motifs is 1. The zero-order valence-corrected chi connectivity index (χ0v) is 11.4. The molecule has 1 aromatic carbocycles. The van der Waals surface area contributed by atoms with E-state index in [-0.39, 0.29) is 10.7 Å². The Morgan fingerprint density at radius 2 is 2.00 bits per heavy atom. The summed E-state index contributed by atoms with van der Waals surface area (Å²) in [7, 11) is 0. The third kappa shape index (κ3) is 2.31. The second-order valence-corrected chi connectivity index (χ2v) is 5.05. The van der Waals surface area contributed by atoms with Gasteiger partial charge >= 0.3 is 0 Å². The molecule has 1 atom stereocenters. The average molecular weight is 277 g/mol. The van der Waals surface area contributed by atoms with Crippen LogP contribution >= 0.6 is 12.2 Å². The number of hydrogen-bond donors (Lipinski definition) is 1. The minimum Gasteiger partial charge on any atom is -0.548 e.